The summed E-state index contributed by atoms with van der Waals surface area (Å²) in [4.78, 5) is 29.4. The second-order valence-electron chi connectivity index (χ2n) is 5.06. The van der Waals surface area contributed by atoms with E-state index in [-0.39, 0.29) is 11.8 Å². The molecule has 0 fully saturated rings. The summed E-state index contributed by atoms with van der Waals surface area (Å²) < 4.78 is 0.855. The molecule has 6 heteroatoms. The average molecular weight is 376 g/mol. The molecule has 0 radical (unpaired) electrons. The van der Waals surface area contributed by atoms with E-state index in [0.29, 0.717) is 25.2 Å². The number of rotatable bonds is 6. The molecule has 2 amide bonds. The molecule has 5 nitrogen and oxygen atoms in total. The smallest absolute Gasteiger partial charge is 0.251 e. The zero-order chi connectivity index (χ0) is 16.7. The molecule has 1 N–H and O–H groups in total. The molecular formula is C17H18BrN3O2. The molecule has 0 spiro atoms. The predicted octanol–water partition coefficient (Wildman–Crippen LogP) is 2.62. The van der Waals surface area contributed by atoms with Crippen LogP contribution in [0, 0.1) is 0 Å². The van der Waals surface area contributed by atoms with E-state index < -0.39 is 0 Å². The van der Waals surface area contributed by atoms with Crippen LogP contribution in [-0.2, 0) is 11.3 Å². The van der Waals surface area contributed by atoms with Crippen molar-refractivity contribution in [2.24, 2.45) is 0 Å². The number of amides is 2. The number of halogens is 1. The highest BCUT2D eigenvalue weighted by Crippen LogP contribution is 2.11. The normalized spacial score (nSPS) is 10.2. The van der Waals surface area contributed by atoms with Gasteiger partial charge in [-0.2, -0.15) is 0 Å². The third-order valence-electron chi connectivity index (χ3n) is 3.32. The topological polar surface area (TPSA) is 62.3 Å². The van der Waals surface area contributed by atoms with Crippen LogP contribution in [-0.4, -0.2) is 34.8 Å². The summed E-state index contributed by atoms with van der Waals surface area (Å²) in [7, 11) is 0. The number of carbonyl (C=O) groups excluding carboxylic acids is 2. The Kier molecular flexibility index (Phi) is 6.29. The van der Waals surface area contributed by atoms with Crippen molar-refractivity contribution in [2.45, 2.75) is 13.5 Å². The van der Waals surface area contributed by atoms with Crippen molar-refractivity contribution in [3.05, 3.63) is 64.4 Å². The first-order valence-corrected chi connectivity index (χ1v) is 8.04. The quantitative estimate of drug-likeness (QED) is 0.843. The lowest BCUT2D eigenvalue weighted by molar-refractivity contribution is -0.129. The Morgan fingerprint density at radius 3 is 2.61 bits per heavy atom. The van der Waals surface area contributed by atoms with Gasteiger partial charge in [0.25, 0.3) is 5.91 Å². The van der Waals surface area contributed by atoms with Crippen LogP contribution in [0.4, 0.5) is 0 Å². The number of hydrogen-bond donors (Lipinski definition) is 1. The summed E-state index contributed by atoms with van der Waals surface area (Å²) in [6.45, 7) is 2.88. The van der Waals surface area contributed by atoms with E-state index in [1.807, 2.05) is 24.3 Å². The third-order valence-corrected chi connectivity index (χ3v) is 3.82. The van der Waals surface area contributed by atoms with Crippen molar-refractivity contribution in [1.29, 1.82) is 0 Å². The molecule has 23 heavy (non-hydrogen) atoms. The molecule has 0 saturated heterocycles. The van der Waals surface area contributed by atoms with Gasteiger partial charge in [-0.15, -0.1) is 0 Å². The lowest BCUT2D eigenvalue weighted by atomic mass is 10.2. The molecule has 1 aromatic carbocycles. The Labute approximate surface area is 143 Å². The number of pyridine rings is 1. The maximum absolute atomic E-state index is 12.1. The van der Waals surface area contributed by atoms with Crippen LogP contribution in [0.5, 0.6) is 0 Å². The molecule has 1 aromatic heterocycles. The number of benzene rings is 1. The summed E-state index contributed by atoms with van der Waals surface area (Å²) in [5, 5.41) is 2.83. The van der Waals surface area contributed by atoms with Crippen molar-refractivity contribution in [3.8, 4) is 0 Å². The van der Waals surface area contributed by atoms with Gasteiger partial charge in [-0.1, -0.05) is 22.0 Å². The van der Waals surface area contributed by atoms with Crippen LogP contribution in [0.3, 0.4) is 0 Å². The van der Waals surface area contributed by atoms with Gasteiger partial charge in [-0.3, -0.25) is 14.6 Å². The van der Waals surface area contributed by atoms with Gasteiger partial charge < -0.3 is 10.2 Å². The summed E-state index contributed by atoms with van der Waals surface area (Å²) in [5.41, 5.74) is 1.59. The molecule has 120 valence electrons. The summed E-state index contributed by atoms with van der Waals surface area (Å²) in [5.74, 6) is -0.183. The molecule has 1 heterocycles. The van der Waals surface area contributed by atoms with Gasteiger partial charge in [-0.05, 0) is 35.9 Å². The third kappa shape index (κ3) is 5.49. The summed E-state index contributed by atoms with van der Waals surface area (Å²) >= 11 is 3.34. The Bertz CT molecular complexity index is 677. The van der Waals surface area contributed by atoms with Gasteiger partial charge in [0.15, 0.2) is 0 Å². The van der Waals surface area contributed by atoms with E-state index in [4.69, 9.17) is 0 Å². The fourth-order valence-corrected chi connectivity index (χ4v) is 2.49. The SMILES string of the molecule is CC(=O)N(CCNC(=O)c1cccc(Br)c1)Cc1ccncc1. The van der Waals surface area contributed by atoms with Crippen molar-refractivity contribution in [1.82, 2.24) is 15.2 Å². The van der Waals surface area contributed by atoms with Crippen LogP contribution in [0.1, 0.15) is 22.8 Å². The largest absolute Gasteiger partial charge is 0.350 e. The van der Waals surface area contributed by atoms with Gasteiger partial charge in [-0.25, -0.2) is 0 Å². The van der Waals surface area contributed by atoms with Crippen LogP contribution in [0.15, 0.2) is 53.3 Å². The number of aromatic nitrogens is 1. The molecule has 0 saturated carbocycles. The Hall–Kier alpha value is -2.21. The van der Waals surface area contributed by atoms with E-state index in [9.17, 15) is 9.59 Å². The minimum absolute atomic E-state index is 0.0292. The van der Waals surface area contributed by atoms with Gasteiger partial charge in [0.05, 0.1) is 0 Å². The van der Waals surface area contributed by atoms with Gasteiger partial charge in [0.2, 0.25) is 5.91 Å². The Balaban J connectivity index is 1.87. The van der Waals surface area contributed by atoms with E-state index in [1.165, 1.54) is 6.92 Å². The molecule has 0 unspecified atom stereocenters. The first-order valence-electron chi connectivity index (χ1n) is 7.24. The molecular weight excluding hydrogens is 358 g/mol. The van der Waals surface area contributed by atoms with E-state index >= 15 is 0 Å². The van der Waals surface area contributed by atoms with Gasteiger partial charge in [0.1, 0.15) is 0 Å². The zero-order valence-electron chi connectivity index (χ0n) is 12.8. The lowest BCUT2D eigenvalue weighted by Gasteiger charge is -2.21. The zero-order valence-corrected chi connectivity index (χ0v) is 14.4. The van der Waals surface area contributed by atoms with Gasteiger partial charge in [0, 0.05) is 49.0 Å². The molecule has 0 aliphatic carbocycles. The first-order chi connectivity index (χ1) is 11.1. The standard InChI is InChI=1S/C17H18BrN3O2/c1-13(22)21(12-14-5-7-19-8-6-14)10-9-20-17(23)15-3-2-4-16(18)11-15/h2-8,11H,9-10,12H2,1H3,(H,20,23). The molecule has 0 atom stereocenters. The summed E-state index contributed by atoms with van der Waals surface area (Å²) in [6.07, 6.45) is 3.39. The van der Waals surface area contributed by atoms with E-state index in [0.717, 1.165) is 10.0 Å². The molecule has 0 aliphatic heterocycles. The van der Waals surface area contributed by atoms with E-state index in [2.05, 4.69) is 26.2 Å². The summed E-state index contributed by atoms with van der Waals surface area (Å²) in [6, 6.07) is 10.9. The second kappa shape index (κ2) is 8.43. The lowest BCUT2D eigenvalue weighted by Crippen LogP contribution is -2.37. The average Bonchev–Trinajstić information content (AvgIpc) is 2.54. The van der Waals surface area contributed by atoms with Crippen molar-refractivity contribution >= 4 is 27.7 Å². The van der Waals surface area contributed by atoms with Crippen LogP contribution >= 0.6 is 15.9 Å². The molecule has 0 bridgehead atoms. The molecule has 2 aromatic rings. The fraction of sp³-hybridized carbons (Fsp3) is 0.235. The maximum atomic E-state index is 12.1. The molecule has 2 rings (SSSR count). The highest BCUT2D eigenvalue weighted by Gasteiger charge is 2.11. The minimum Gasteiger partial charge on any atom is -0.350 e. The van der Waals surface area contributed by atoms with Crippen LogP contribution < -0.4 is 5.32 Å². The van der Waals surface area contributed by atoms with E-state index in [1.54, 1.807) is 29.4 Å². The van der Waals surface area contributed by atoms with Crippen molar-refractivity contribution in [2.75, 3.05) is 13.1 Å². The number of nitrogens with one attached hydrogen (secondary N) is 1. The van der Waals surface area contributed by atoms with Crippen LogP contribution in [0.2, 0.25) is 0 Å². The minimum atomic E-state index is -0.154. The predicted molar refractivity (Wildman–Crippen MR) is 91.8 cm³/mol. The van der Waals surface area contributed by atoms with Gasteiger partial charge >= 0.3 is 0 Å². The highest BCUT2D eigenvalue weighted by atomic mass is 79.9. The fourth-order valence-electron chi connectivity index (χ4n) is 2.09. The van der Waals surface area contributed by atoms with Crippen LogP contribution in [0.25, 0.3) is 0 Å². The molecule has 0 aliphatic rings. The Morgan fingerprint density at radius 2 is 1.96 bits per heavy atom. The highest BCUT2D eigenvalue weighted by molar-refractivity contribution is 9.10. The first kappa shape index (κ1) is 17.1. The number of carbonyl (C=O) groups is 2. The maximum Gasteiger partial charge on any atom is 0.251 e. The van der Waals surface area contributed by atoms with Crippen molar-refractivity contribution in [3.63, 3.8) is 0 Å². The number of hydrogen-bond acceptors (Lipinski definition) is 3. The Morgan fingerprint density at radius 1 is 1.22 bits per heavy atom. The van der Waals surface area contributed by atoms with Crippen molar-refractivity contribution < 1.29 is 9.59 Å². The number of nitrogens with zero attached hydrogens (tertiary/aromatic N) is 2. The monoisotopic (exact) mass is 375 g/mol. The second-order valence-corrected chi connectivity index (χ2v) is 5.98.